The summed E-state index contributed by atoms with van der Waals surface area (Å²) >= 11 is 0. The zero-order valence-electron chi connectivity index (χ0n) is 11.1. The lowest BCUT2D eigenvalue weighted by atomic mass is 10.3. The van der Waals surface area contributed by atoms with Gasteiger partial charge in [-0.25, -0.2) is 4.39 Å². The zero-order chi connectivity index (χ0) is 12.6. The standard InChI is InChI=1S/C12H22FNSi2/c1-15(2,3)14(16(4,5)6)12-10-8-7-9-11(12)13/h7-10H,1-6H3. The topological polar surface area (TPSA) is 3.24 Å². The summed E-state index contributed by atoms with van der Waals surface area (Å²) in [5, 5.41) is 0. The number of rotatable bonds is 3. The van der Waals surface area contributed by atoms with E-state index in [1.807, 2.05) is 12.1 Å². The van der Waals surface area contributed by atoms with Crippen molar-refractivity contribution < 1.29 is 4.39 Å². The van der Waals surface area contributed by atoms with Gasteiger partial charge in [-0.15, -0.1) is 0 Å². The van der Waals surface area contributed by atoms with Crippen LogP contribution in [0.25, 0.3) is 0 Å². The first kappa shape index (κ1) is 13.4. The maximum Gasteiger partial charge on any atom is 0.144 e. The number of benzene rings is 1. The van der Waals surface area contributed by atoms with Gasteiger partial charge in [0.1, 0.15) is 22.3 Å². The third kappa shape index (κ3) is 2.95. The number of halogens is 1. The fourth-order valence-electron chi connectivity index (χ4n) is 2.36. The van der Waals surface area contributed by atoms with Crippen molar-refractivity contribution in [2.75, 3.05) is 4.23 Å². The van der Waals surface area contributed by atoms with Crippen molar-refractivity contribution in [3.05, 3.63) is 30.1 Å². The van der Waals surface area contributed by atoms with Crippen molar-refractivity contribution in [2.24, 2.45) is 0 Å². The van der Waals surface area contributed by atoms with Crippen LogP contribution in [0.2, 0.25) is 39.3 Å². The Hall–Kier alpha value is -0.616. The molecule has 0 aliphatic carbocycles. The van der Waals surface area contributed by atoms with Gasteiger partial charge < -0.3 is 4.23 Å². The fourth-order valence-corrected chi connectivity index (χ4v) is 12.2. The molecule has 1 aromatic rings. The minimum atomic E-state index is -1.54. The lowest BCUT2D eigenvalue weighted by molar-refractivity contribution is 0.630. The molecule has 0 N–H and O–H groups in total. The van der Waals surface area contributed by atoms with Crippen LogP contribution < -0.4 is 4.23 Å². The molecule has 0 heterocycles. The quantitative estimate of drug-likeness (QED) is 0.728. The van der Waals surface area contributed by atoms with Gasteiger partial charge in [0.2, 0.25) is 0 Å². The van der Waals surface area contributed by atoms with E-state index in [0.29, 0.717) is 0 Å². The molecule has 16 heavy (non-hydrogen) atoms. The van der Waals surface area contributed by atoms with E-state index in [1.165, 1.54) is 0 Å². The zero-order valence-corrected chi connectivity index (χ0v) is 13.1. The summed E-state index contributed by atoms with van der Waals surface area (Å²) in [5.74, 6) is -0.0904. The Balaban J connectivity index is 3.29. The SMILES string of the molecule is C[Si](C)(C)N(c1ccccc1F)[Si](C)(C)C. The van der Waals surface area contributed by atoms with Crippen LogP contribution in [0.5, 0.6) is 0 Å². The van der Waals surface area contributed by atoms with Gasteiger partial charge in [0.25, 0.3) is 0 Å². The smallest absolute Gasteiger partial charge is 0.144 e. The number of para-hydroxylation sites is 1. The highest BCUT2D eigenvalue weighted by Gasteiger charge is 2.35. The Morgan fingerprint density at radius 1 is 0.875 bits per heavy atom. The van der Waals surface area contributed by atoms with Gasteiger partial charge >= 0.3 is 0 Å². The third-order valence-electron chi connectivity index (χ3n) is 2.43. The van der Waals surface area contributed by atoms with Crippen LogP contribution in [0.4, 0.5) is 10.1 Å². The van der Waals surface area contributed by atoms with Crippen LogP contribution in [0.15, 0.2) is 24.3 Å². The van der Waals surface area contributed by atoms with Gasteiger partial charge in [-0.05, 0) is 12.1 Å². The first-order chi connectivity index (χ1) is 7.14. The van der Waals surface area contributed by atoms with Crippen molar-refractivity contribution >= 4 is 22.2 Å². The predicted octanol–water partition coefficient (Wildman–Crippen LogP) is 4.30. The Labute approximate surface area is 100 Å². The Morgan fingerprint density at radius 2 is 1.31 bits per heavy atom. The van der Waals surface area contributed by atoms with E-state index in [4.69, 9.17) is 0 Å². The minimum Gasteiger partial charge on any atom is -0.422 e. The van der Waals surface area contributed by atoms with Crippen molar-refractivity contribution in [3.63, 3.8) is 0 Å². The number of anilines is 1. The second kappa shape index (κ2) is 4.33. The highest BCUT2D eigenvalue weighted by atomic mass is 28.4. The second-order valence-electron chi connectivity index (χ2n) is 6.13. The van der Waals surface area contributed by atoms with E-state index in [-0.39, 0.29) is 5.82 Å². The van der Waals surface area contributed by atoms with E-state index in [9.17, 15) is 4.39 Å². The van der Waals surface area contributed by atoms with E-state index in [0.717, 1.165) is 5.69 Å². The molecule has 0 aliphatic rings. The molecular formula is C12H22FNSi2. The van der Waals surface area contributed by atoms with Crippen molar-refractivity contribution in [3.8, 4) is 0 Å². The first-order valence-corrected chi connectivity index (χ1v) is 12.6. The van der Waals surface area contributed by atoms with Crippen molar-refractivity contribution in [1.29, 1.82) is 0 Å². The molecule has 4 heteroatoms. The normalized spacial score (nSPS) is 12.7. The molecule has 1 rings (SSSR count). The van der Waals surface area contributed by atoms with Crippen molar-refractivity contribution in [1.82, 2.24) is 0 Å². The summed E-state index contributed by atoms with van der Waals surface area (Å²) in [7, 11) is -3.08. The highest BCUT2D eigenvalue weighted by Crippen LogP contribution is 2.30. The molecular weight excluding hydrogens is 233 g/mol. The average molecular weight is 255 g/mol. The van der Waals surface area contributed by atoms with Gasteiger partial charge in [-0.1, -0.05) is 51.4 Å². The minimum absolute atomic E-state index is 0.0904. The summed E-state index contributed by atoms with van der Waals surface area (Å²) in [6.45, 7) is 13.7. The first-order valence-electron chi connectivity index (χ1n) is 5.69. The molecule has 90 valence electrons. The van der Waals surface area contributed by atoms with Crippen LogP contribution in [0.3, 0.4) is 0 Å². The van der Waals surface area contributed by atoms with Crippen LogP contribution in [-0.2, 0) is 0 Å². The molecule has 0 saturated carbocycles. The number of hydrogen-bond donors (Lipinski definition) is 0. The molecule has 0 unspecified atom stereocenters. The third-order valence-corrected chi connectivity index (χ3v) is 9.63. The maximum absolute atomic E-state index is 13.9. The van der Waals surface area contributed by atoms with Crippen LogP contribution in [-0.4, -0.2) is 16.5 Å². The Morgan fingerprint density at radius 3 is 1.69 bits per heavy atom. The van der Waals surface area contributed by atoms with Gasteiger partial charge in [-0.3, -0.25) is 0 Å². The molecule has 0 atom stereocenters. The van der Waals surface area contributed by atoms with Crippen LogP contribution >= 0.6 is 0 Å². The summed E-state index contributed by atoms with van der Waals surface area (Å²) in [4.78, 5) is 0. The lowest BCUT2D eigenvalue weighted by Crippen LogP contribution is -2.59. The predicted molar refractivity (Wildman–Crippen MR) is 75.6 cm³/mol. The van der Waals surface area contributed by atoms with E-state index in [2.05, 4.69) is 43.5 Å². The molecule has 0 saturated heterocycles. The van der Waals surface area contributed by atoms with Gasteiger partial charge in [-0.2, -0.15) is 0 Å². The number of nitrogens with zero attached hydrogens (tertiary/aromatic N) is 1. The summed E-state index contributed by atoms with van der Waals surface area (Å²) < 4.78 is 16.3. The monoisotopic (exact) mass is 255 g/mol. The average Bonchev–Trinajstić information content (AvgIpc) is 2.03. The van der Waals surface area contributed by atoms with E-state index < -0.39 is 16.5 Å². The fraction of sp³-hybridized carbons (Fsp3) is 0.500. The van der Waals surface area contributed by atoms with E-state index >= 15 is 0 Å². The second-order valence-corrected chi connectivity index (χ2v) is 16.2. The molecule has 0 bridgehead atoms. The molecule has 0 spiro atoms. The Bertz CT molecular complexity index is 352. The molecule has 0 aromatic heterocycles. The molecule has 1 nitrogen and oxygen atoms in total. The van der Waals surface area contributed by atoms with Gasteiger partial charge in [0.15, 0.2) is 0 Å². The van der Waals surface area contributed by atoms with Gasteiger partial charge in [0, 0.05) is 0 Å². The highest BCUT2D eigenvalue weighted by molar-refractivity contribution is 6.99. The largest absolute Gasteiger partial charge is 0.422 e. The molecule has 0 amide bonds. The van der Waals surface area contributed by atoms with Crippen molar-refractivity contribution in [2.45, 2.75) is 39.3 Å². The Kier molecular flexibility index (Phi) is 3.64. The van der Waals surface area contributed by atoms with Crippen LogP contribution in [0.1, 0.15) is 0 Å². The summed E-state index contributed by atoms with van der Waals surface area (Å²) in [6.07, 6.45) is 0. The summed E-state index contributed by atoms with van der Waals surface area (Å²) in [5.41, 5.74) is 0.792. The van der Waals surface area contributed by atoms with Crippen LogP contribution in [0, 0.1) is 5.82 Å². The molecule has 0 radical (unpaired) electrons. The molecule has 0 fully saturated rings. The number of hydrogen-bond acceptors (Lipinski definition) is 1. The molecule has 1 aromatic carbocycles. The maximum atomic E-state index is 13.9. The summed E-state index contributed by atoms with van der Waals surface area (Å²) in [6, 6.07) is 7.14. The lowest BCUT2D eigenvalue weighted by Gasteiger charge is -2.45. The van der Waals surface area contributed by atoms with Gasteiger partial charge in [0.05, 0.1) is 5.69 Å². The van der Waals surface area contributed by atoms with E-state index in [1.54, 1.807) is 12.1 Å². The molecule has 0 aliphatic heterocycles.